The Hall–Kier alpha value is -5.11. The van der Waals surface area contributed by atoms with E-state index in [1.807, 2.05) is 112 Å². The molecule has 4 aromatic carbocycles. The number of ether oxygens (including phenoxy) is 2. The van der Waals surface area contributed by atoms with E-state index >= 15 is 0 Å². The molecule has 1 N–H and O–H groups in total. The van der Waals surface area contributed by atoms with Crippen molar-refractivity contribution >= 4 is 28.7 Å². The largest absolute Gasteiger partial charge is 0.491 e. The van der Waals surface area contributed by atoms with E-state index in [1.165, 1.54) is 0 Å². The lowest BCUT2D eigenvalue weighted by atomic mass is 9.77. The first kappa shape index (κ1) is 32.8. The minimum atomic E-state index is -0.885. The predicted molar refractivity (Wildman–Crippen MR) is 189 cm³/mol. The number of likely N-dealkylation sites (tertiary alicyclic amines) is 1. The van der Waals surface area contributed by atoms with Gasteiger partial charge in [-0.3, -0.25) is 4.79 Å². The molecule has 1 atom stereocenters. The van der Waals surface area contributed by atoms with Gasteiger partial charge in [-0.25, -0.2) is 9.48 Å². The number of benzene rings is 4. The van der Waals surface area contributed by atoms with Gasteiger partial charge in [0, 0.05) is 18.5 Å². The zero-order valence-electron chi connectivity index (χ0n) is 28.4. The van der Waals surface area contributed by atoms with Gasteiger partial charge in [-0.1, -0.05) is 91.0 Å². The van der Waals surface area contributed by atoms with E-state index in [4.69, 9.17) is 14.6 Å². The number of carbonyl (C=O) groups excluding carboxylic acids is 2. The van der Waals surface area contributed by atoms with Crippen molar-refractivity contribution in [2.75, 3.05) is 18.4 Å². The Bertz CT molecular complexity index is 1770. The molecule has 0 radical (unpaired) electrons. The summed E-state index contributed by atoms with van der Waals surface area (Å²) < 4.78 is 13.8. The number of nitrogens with one attached hydrogen (secondary N) is 1. The van der Waals surface area contributed by atoms with Crippen molar-refractivity contribution in [3.8, 4) is 5.75 Å². The van der Waals surface area contributed by atoms with Gasteiger partial charge in [0.2, 0.25) is 5.91 Å². The molecule has 0 spiro atoms. The van der Waals surface area contributed by atoms with Gasteiger partial charge in [0.15, 0.2) is 5.82 Å². The van der Waals surface area contributed by atoms with Crippen LogP contribution in [0.2, 0.25) is 0 Å². The van der Waals surface area contributed by atoms with E-state index in [1.54, 1.807) is 4.90 Å². The van der Waals surface area contributed by atoms with Crippen LogP contribution in [0.25, 0.3) is 10.9 Å². The molecule has 2 amide bonds. The molecule has 8 heteroatoms. The Kier molecular flexibility index (Phi) is 9.27. The zero-order valence-corrected chi connectivity index (χ0v) is 28.4. The molecule has 1 aliphatic rings. The van der Waals surface area contributed by atoms with Crippen molar-refractivity contribution in [1.82, 2.24) is 14.7 Å². The fourth-order valence-electron chi connectivity index (χ4n) is 6.60. The molecule has 48 heavy (non-hydrogen) atoms. The Labute approximate surface area is 282 Å². The fraction of sp³-hybridized carbons (Fsp3) is 0.325. The normalized spacial score (nSPS) is 15.4. The number of rotatable bonds is 8. The first-order chi connectivity index (χ1) is 23.1. The first-order valence-electron chi connectivity index (χ1n) is 16.7. The molecule has 8 nitrogen and oxygen atoms in total. The molecule has 1 saturated heterocycles. The number of piperidine rings is 1. The molecule has 6 rings (SSSR count). The number of carbonyl (C=O) groups is 2. The third-order valence-corrected chi connectivity index (χ3v) is 8.60. The number of hydrogen-bond acceptors (Lipinski definition) is 5. The van der Waals surface area contributed by atoms with Gasteiger partial charge in [-0.05, 0) is 82.3 Å². The van der Waals surface area contributed by atoms with Crippen LogP contribution in [-0.4, -0.2) is 51.5 Å². The second-order valence-electron chi connectivity index (χ2n) is 13.7. The van der Waals surface area contributed by atoms with Gasteiger partial charge in [0.05, 0.1) is 17.5 Å². The summed E-state index contributed by atoms with van der Waals surface area (Å²) in [4.78, 5) is 28.6. The second-order valence-corrected chi connectivity index (χ2v) is 13.7. The van der Waals surface area contributed by atoms with Gasteiger partial charge in [0.1, 0.15) is 16.9 Å². The summed E-state index contributed by atoms with van der Waals surface area (Å²) in [6.07, 6.45) is 0.933. The Morgan fingerprint density at radius 3 is 1.92 bits per heavy atom. The average Bonchev–Trinajstić information content (AvgIpc) is 3.43. The number of fused-ring (bicyclic) bond motifs is 1. The van der Waals surface area contributed by atoms with Crippen LogP contribution in [0.4, 0.5) is 10.6 Å². The molecule has 1 aromatic heterocycles. The summed E-state index contributed by atoms with van der Waals surface area (Å²) in [6.45, 7) is 10.3. The maximum atomic E-state index is 14.0. The molecule has 1 aliphatic heterocycles. The predicted octanol–water partition coefficient (Wildman–Crippen LogP) is 8.25. The minimum absolute atomic E-state index is 0.0336. The minimum Gasteiger partial charge on any atom is -0.491 e. The monoisotopic (exact) mass is 644 g/mol. The van der Waals surface area contributed by atoms with Crippen molar-refractivity contribution in [3.05, 3.63) is 126 Å². The maximum absolute atomic E-state index is 14.0. The molecule has 0 unspecified atom stereocenters. The third-order valence-electron chi connectivity index (χ3n) is 8.60. The Balaban J connectivity index is 1.50. The standard InChI is InChI=1S/C40H44N4O4/c1-28(2)47-33-23-24-35-34(26-33)36(41-37(45)29-16-15-25-43(27-29)38(46)48-39(3,4)5)42-44(35)40(30-17-9-6-10-18-30,31-19-11-7-12-20-31)32-21-13-8-14-22-32/h6-14,17-24,26,28-29H,15-16,25,27H2,1-5H3,(H,41,42,45)/t29-/m1/s1. The molecule has 0 saturated carbocycles. The van der Waals surface area contributed by atoms with Gasteiger partial charge in [-0.2, -0.15) is 5.10 Å². The van der Waals surface area contributed by atoms with E-state index in [0.29, 0.717) is 31.0 Å². The number of aromatic nitrogens is 2. The summed E-state index contributed by atoms with van der Waals surface area (Å²) in [5.74, 6) is 0.523. The smallest absolute Gasteiger partial charge is 0.410 e. The molecular weight excluding hydrogens is 600 g/mol. The highest BCUT2D eigenvalue weighted by Crippen LogP contribution is 2.44. The van der Waals surface area contributed by atoms with E-state index in [9.17, 15) is 9.59 Å². The van der Waals surface area contributed by atoms with Crippen LogP contribution < -0.4 is 10.1 Å². The molecular formula is C40H44N4O4. The molecule has 248 valence electrons. The van der Waals surface area contributed by atoms with Crippen LogP contribution in [0, 0.1) is 5.92 Å². The third kappa shape index (κ3) is 6.65. The van der Waals surface area contributed by atoms with Gasteiger partial charge < -0.3 is 19.7 Å². The lowest BCUT2D eigenvalue weighted by molar-refractivity contribution is -0.121. The Morgan fingerprint density at radius 1 is 0.833 bits per heavy atom. The van der Waals surface area contributed by atoms with Crippen molar-refractivity contribution in [2.45, 2.75) is 64.7 Å². The number of nitrogens with zero attached hydrogens (tertiary/aromatic N) is 3. The number of amides is 2. The highest BCUT2D eigenvalue weighted by Gasteiger charge is 2.41. The van der Waals surface area contributed by atoms with Crippen LogP contribution in [0.5, 0.6) is 5.75 Å². The van der Waals surface area contributed by atoms with Crippen LogP contribution in [0.3, 0.4) is 0 Å². The molecule has 0 aliphatic carbocycles. The lowest BCUT2D eigenvalue weighted by Gasteiger charge is -2.37. The fourth-order valence-corrected chi connectivity index (χ4v) is 6.60. The van der Waals surface area contributed by atoms with Gasteiger partial charge in [0.25, 0.3) is 0 Å². The van der Waals surface area contributed by atoms with Crippen LogP contribution in [0.15, 0.2) is 109 Å². The van der Waals surface area contributed by atoms with E-state index in [2.05, 4.69) is 41.7 Å². The van der Waals surface area contributed by atoms with E-state index in [-0.39, 0.29) is 18.6 Å². The summed E-state index contributed by atoms with van der Waals surface area (Å²) in [6, 6.07) is 36.9. The van der Waals surface area contributed by atoms with E-state index < -0.39 is 23.2 Å². The van der Waals surface area contributed by atoms with Crippen LogP contribution >= 0.6 is 0 Å². The van der Waals surface area contributed by atoms with Gasteiger partial charge >= 0.3 is 6.09 Å². The summed E-state index contributed by atoms with van der Waals surface area (Å²) in [5.41, 5.74) is 2.39. The quantitative estimate of drug-likeness (QED) is 0.172. The first-order valence-corrected chi connectivity index (χ1v) is 16.7. The van der Waals surface area contributed by atoms with Crippen LogP contribution in [0.1, 0.15) is 64.2 Å². The summed E-state index contributed by atoms with van der Waals surface area (Å²) in [5, 5.41) is 9.22. The number of hydrogen-bond donors (Lipinski definition) is 1. The highest BCUT2D eigenvalue weighted by molar-refractivity contribution is 6.01. The Morgan fingerprint density at radius 2 is 1.40 bits per heavy atom. The number of anilines is 1. The second kappa shape index (κ2) is 13.6. The molecule has 1 fully saturated rings. The summed E-state index contributed by atoms with van der Waals surface area (Å²) in [7, 11) is 0. The van der Waals surface area contributed by atoms with Crippen molar-refractivity contribution in [2.24, 2.45) is 5.92 Å². The molecule has 5 aromatic rings. The van der Waals surface area contributed by atoms with E-state index in [0.717, 1.165) is 27.6 Å². The lowest BCUT2D eigenvalue weighted by Crippen LogP contribution is -2.45. The van der Waals surface area contributed by atoms with Crippen LogP contribution in [-0.2, 0) is 15.1 Å². The molecule has 0 bridgehead atoms. The summed E-state index contributed by atoms with van der Waals surface area (Å²) >= 11 is 0. The van der Waals surface area contributed by atoms with Crippen molar-refractivity contribution in [3.63, 3.8) is 0 Å². The van der Waals surface area contributed by atoms with Crippen molar-refractivity contribution < 1.29 is 19.1 Å². The van der Waals surface area contributed by atoms with Gasteiger partial charge in [-0.15, -0.1) is 0 Å². The SMILES string of the molecule is CC(C)Oc1ccc2c(c1)c(NC(=O)[C@@H]1CCCN(C(=O)OC(C)(C)C)C1)nn2C(c1ccccc1)(c1ccccc1)c1ccccc1. The average molecular weight is 645 g/mol. The molecule has 2 heterocycles. The topological polar surface area (TPSA) is 85.7 Å². The maximum Gasteiger partial charge on any atom is 0.410 e. The zero-order chi connectivity index (χ0) is 33.9. The highest BCUT2D eigenvalue weighted by atomic mass is 16.6. The van der Waals surface area contributed by atoms with Crippen molar-refractivity contribution in [1.29, 1.82) is 0 Å².